The summed E-state index contributed by atoms with van der Waals surface area (Å²) in [6.45, 7) is 0.537. The number of ether oxygens (including phenoxy) is 1. The first kappa shape index (κ1) is 28.1. The molecule has 0 unspecified atom stereocenters. The average Bonchev–Trinajstić information content (AvgIpc) is 3.23. The van der Waals surface area contributed by atoms with E-state index in [0.29, 0.717) is 42.2 Å². The van der Waals surface area contributed by atoms with E-state index in [1.165, 1.54) is 35.2 Å². The number of benzene rings is 3. The summed E-state index contributed by atoms with van der Waals surface area (Å²) in [7, 11) is -3.57. The highest BCUT2D eigenvalue weighted by molar-refractivity contribution is 7.92. The number of nitrogens with one attached hydrogen (secondary N) is 2. The Hall–Kier alpha value is -4.42. The lowest BCUT2D eigenvalue weighted by Crippen LogP contribution is -2.24. The van der Waals surface area contributed by atoms with E-state index in [2.05, 4.69) is 10.0 Å². The van der Waals surface area contributed by atoms with Crippen molar-refractivity contribution in [3.8, 4) is 17.0 Å². The molecule has 0 fully saturated rings. The van der Waals surface area contributed by atoms with Gasteiger partial charge in [-0.2, -0.15) is 0 Å². The Morgan fingerprint density at radius 2 is 1.78 bits per heavy atom. The van der Waals surface area contributed by atoms with Gasteiger partial charge < -0.3 is 19.5 Å². The fourth-order valence-corrected chi connectivity index (χ4v) is 5.39. The fraction of sp³-hybridized carbons (Fsp3) is 0.143. The highest BCUT2D eigenvalue weighted by Gasteiger charge is 2.25. The molecule has 2 heterocycles. The van der Waals surface area contributed by atoms with Gasteiger partial charge >= 0.3 is 0 Å². The second-order valence-electron chi connectivity index (χ2n) is 9.38. The molecule has 0 saturated carbocycles. The summed E-state index contributed by atoms with van der Waals surface area (Å²) in [5.74, 6) is -1.60. The highest BCUT2D eigenvalue weighted by Crippen LogP contribution is 2.41. The van der Waals surface area contributed by atoms with Crippen molar-refractivity contribution in [1.29, 1.82) is 0 Å². The number of hydrogen-bond donors (Lipinski definition) is 2. The van der Waals surface area contributed by atoms with Crippen LogP contribution in [0.25, 0.3) is 11.3 Å². The number of hydrogen-bond acceptors (Lipinski definition) is 5. The van der Waals surface area contributed by atoms with Crippen molar-refractivity contribution in [2.45, 2.75) is 13.2 Å². The van der Waals surface area contributed by atoms with Crippen LogP contribution in [0.15, 0.2) is 66.9 Å². The smallest absolute Gasteiger partial charge is 0.257 e. The van der Waals surface area contributed by atoms with Crippen LogP contribution in [0.2, 0.25) is 5.02 Å². The predicted octanol–water partition coefficient (Wildman–Crippen LogP) is 5.27. The van der Waals surface area contributed by atoms with Gasteiger partial charge in [0.05, 0.1) is 34.5 Å². The molecule has 0 radical (unpaired) electrons. The second kappa shape index (κ2) is 11.2. The molecule has 0 spiro atoms. The first-order valence-electron chi connectivity index (χ1n) is 12.2. The first-order valence-corrected chi connectivity index (χ1v) is 14.5. The van der Waals surface area contributed by atoms with Crippen LogP contribution in [-0.2, 0) is 28.0 Å². The third-order valence-corrected chi connectivity index (χ3v) is 7.04. The van der Waals surface area contributed by atoms with Crippen molar-refractivity contribution in [1.82, 2.24) is 4.57 Å². The minimum absolute atomic E-state index is 0.140. The lowest BCUT2D eigenvalue weighted by molar-refractivity contribution is -0.107. The van der Waals surface area contributed by atoms with Gasteiger partial charge in [0, 0.05) is 36.1 Å². The van der Waals surface area contributed by atoms with Crippen molar-refractivity contribution in [2.75, 3.05) is 27.7 Å². The van der Waals surface area contributed by atoms with Crippen LogP contribution in [0.1, 0.15) is 15.9 Å². The molecule has 212 valence electrons. The molecule has 41 heavy (non-hydrogen) atoms. The number of fused-ring (bicyclic) bond motifs is 3. The number of nitrogens with zero attached hydrogens (tertiary/aromatic N) is 2. The van der Waals surface area contributed by atoms with Gasteiger partial charge in [0.15, 0.2) is 0 Å². The van der Waals surface area contributed by atoms with Crippen LogP contribution >= 0.6 is 11.6 Å². The summed E-state index contributed by atoms with van der Waals surface area (Å²) >= 11 is 6.12. The molecule has 13 heteroatoms. The Kier molecular flexibility index (Phi) is 7.70. The third-order valence-electron chi connectivity index (χ3n) is 6.21. The van der Waals surface area contributed by atoms with Crippen LogP contribution < -0.4 is 19.7 Å². The second-order valence-corrected chi connectivity index (χ2v) is 11.6. The molecule has 1 aliphatic rings. The summed E-state index contributed by atoms with van der Waals surface area (Å²) < 4.78 is 60.8. The number of anilines is 3. The van der Waals surface area contributed by atoms with Crippen molar-refractivity contribution < 1.29 is 31.5 Å². The zero-order chi connectivity index (χ0) is 29.3. The van der Waals surface area contributed by atoms with E-state index in [0.717, 1.165) is 12.3 Å². The number of carbonyl (C=O) groups excluding carboxylic acids is 2. The van der Waals surface area contributed by atoms with Gasteiger partial charge in [-0.05, 0) is 54.1 Å². The molecule has 9 nitrogen and oxygen atoms in total. The first-order chi connectivity index (χ1) is 19.5. The molecule has 5 rings (SSSR count). The van der Waals surface area contributed by atoms with E-state index in [1.807, 2.05) is 0 Å². The molecule has 0 atom stereocenters. The third kappa shape index (κ3) is 6.50. The van der Waals surface area contributed by atoms with E-state index in [4.69, 9.17) is 16.3 Å². The zero-order valence-corrected chi connectivity index (χ0v) is 23.1. The number of sulfonamides is 1. The number of amides is 2. The maximum Gasteiger partial charge on any atom is 0.257 e. The standard InChI is InChI=1S/C28H23ClF2N4O5S/c1-41(38,39)33-23-11-19(29)10-22(13-23)32-28(37)18-9-25-27-24(35(16-36)6-5-34(25)14-18)3-2-4-26(27)40-15-17-7-20(30)12-21(31)8-17/h2-4,7-14,16,33H,5-6,15H2,1H3,(H,32,37). The van der Waals surface area contributed by atoms with Gasteiger partial charge in [0.2, 0.25) is 16.4 Å². The van der Waals surface area contributed by atoms with E-state index in [-0.39, 0.29) is 34.1 Å². The SMILES string of the molecule is CS(=O)(=O)Nc1cc(Cl)cc(NC(=O)c2cc3n(c2)CCN(C=O)c2cccc(OCc4cc(F)cc(F)c4)c2-3)c1. The predicted molar refractivity (Wildman–Crippen MR) is 152 cm³/mol. The van der Waals surface area contributed by atoms with Gasteiger partial charge in [0.1, 0.15) is 24.0 Å². The molecule has 2 N–H and O–H groups in total. The molecular weight excluding hydrogens is 578 g/mol. The van der Waals surface area contributed by atoms with E-state index >= 15 is 0 Å². The lowest BCUT2D eigenvalue weighted by Gasteiger charge is -2.19. The normalized spacial score (nSPS) is 12.6. The maximum absolute atomic E-state index is 13.7. The van der Waals surface area contributed by atoms with Gasteiger partial charge in [-0.3, -0.25) is 14.3 Å². The van der Waals surface area contributed by atoms with Crippen LogP contribution in [0, 0.1) is 11.6 Å². The largest absolute Gasteiger partial charge is 0.488 e. The van der Waals surface area contributed by atoms with E-state index < -0.39 is 27.6 Å². The summed E-state index contributed by atoms with van der Waals surface area (Å²) in [5.41, 5.74) is 2.67. The average molecular weight is 601 g/mol. The number of aromatic nitrogens is 1. The number of carbonyl (C=O) groups is 2. The maximum atomic E-state index is 13.7. The molecule has 1 aromatic heterocycles. The van der Waals surface area contributed by atoms with E-state index in [1.54, 1.807) is 35.0 Å². The molecule has 0 bridgehead atoms. The highest BCUT2D eigenvalue weighted by atomic mass is 35.5. The minimum Gasteiger partial charge on any atom is -0.488 e. The Balaban J connectivity index is 1.48. The van der Waals surface area contributed by atoms with Crippen molar-refractivity contribution >= 4 is 51.0 Å². The van der Waals surface area contributed by atoms with Gasteiger partial charge in [-0.15, -0.1) is 0 Å². The number of rotatable bonds is 8. The van der Waals surface area contributed by atoms with E-state index in [9.17, 15) is 26.8 Å². The molecule has 4 aromatic rings. The Bertz CT molecular complexity index is 1760. The monoisotopic (exact) mass is 600 g/mol. The zero-order valence-electron chi connectivity index (χ0n) is 21.5. The minimum atomic E-state index is -3.57. The lowest BCUT2D eigenvalue weighted by atomic mass is 10.1. The Morgan fingerprint density at radius 3 is 2.49 bits per heavy atom. The van der Waals surface area contributed by atoms with Crippen LogP contribution in [0.3, 0.4) is 0 Å². The quantitative estimate of drug-likeness (QED) is 0.268. The number of halogens is 3. The summed E-state index contributed by atoms with van der Waals surface area (Å²) in [5, 5.41) is 2.94. The van der Waals surface area contributed by atoms with Crippen molar-refractivity contribution in [3.05, 3.63) is 94.6 Å². The Labute approximate surface area is 239 Å². The van der Waals surface area contributed by atoms with Crippen LogP contribution in [0.4, 0.5) is 25.8 Å². The van der Waals surface area contributed by atoms with Crippen molar-refractivity contribution in [2.24, 2.45) is 0 Å². The van der Waals surface area contributed by atoms with Gasteiger partial charge in [-0.1, -0.05) is 17.7 Å². The van der Waals surface area contributed by atoms with Gasteiger partial charge in [-0.25, -0.2) is 17.2 Å². The topological polar surface area (TPSA) is 110 Å². The molecule has 0 saturated heterocycles. The summed E-state index contributed by atoms with van der Waals surface area (Å²) in [4.78, 5) is 26.7. The van der Waals surface area contributed by atoms with Crippen LogP contribution in [-0.4, -0.2) is 38.1 Å². The summed E-state index contributed by atoms with van der Waals surface area (Å²) in [6.07, 6.45) is 3.33. The fourth-order valence-electron chi connectivity index (χ4n) is 4.61. The van der Waals surface area contributed by atoms with Crippen molar-refractivity contribution in [3.63, 3.8) is 0 Å². The molecule has 3 aromatic carbocycles. The van der Waals surface area contributed by atoms with Crippen LogP contribution in [0.5, 0.6) is 5.75 Å². The van der Waals surface area contributed by atoms with Gasteiger partial charge in [0.25, 0.3) is 5.91 Å². The molecular formula is C28H23ClF2N4O5S. The summed E-state index contributed by atoms with van der Waals surface area (Å²) in [6, 6.07) is 14.2. The molecule has 1 aliphatic heterocycles. The molecule has 0 aliphatic carbocycles. The Morgan fingerprint density at radius 1 is 1.05 bits per heavy atom. The molecule has 2 amide bonds.